The summed E-state index contributed by atoms with van der Waals surface area (Å²) in [5.41, 5.74) is 0.498. The monoisotopic (exact) mass is 326 g/mol. The Kier molecular flexibility index (Phi) is 4.73. The normalized spacial score (nSPS) is 20.9. The molecule has 1 saturated carbocycles. The first-order valence-corrected chi connectivity index (χ1v) is 8.35. The molecule has 0 unspecified atom stereocenters. The average Bonchev–Trinajstić information content (AvgIpc) is 2.82. The highest BCUT2D eigenvalue weighted by atomic mass is 32.1. The second kappa shape index (κ2) is 6.75. The fourth-order valence-electron chi connectivity index (χ4n) is 2.47. The van der Waals surface area contributed by atoms with Crippen LogP contribution in [0.4, 0.5) is 4.39 Å². The van der Waals surface area contributed by atoms with Gasteiger partial charge in [0.15, 0.2) is 10.6 Å². The van der Waals surface area contributed by atoms with Crippen LogP contribution in [0.2, 0.25) is 0 Å². The summed E-state index contributed by atoms with van der Waals surface area (Å²) in [6.45, 7) is 5.59. The number of aromatic nitrogens is 2. The fourth-order valence-corrected chi connectivity index (χ4v) is 3.29. The molecule has 1 aliphatic rings. The average molecular weight is 326 g/mol. The Bertz CT molecular complexity index is 643. The van der Waals surface area contributed by atoms with Crippen LogP contribution in [0, 0.1) is 11.7 Å². The van der Waals surface area contributed by atoms with Gasteiger partial charge in [0.2, 0.25) is 0 Å². The van der Waals surface area contributed by atoms with Gasteiger partial charge in [-0.2, -0.15) is 4.98 Å². The van der Waals surface area contributed by atoms with E-state index in [1.54, 1.807) is 0 Å². The molecule has 2 aromatic rings. The summed E-state index contributed by atoms with van der Waals surface area (Å²) in [7, 11) is 0. The number of hydrogen-bond acceptors (Lipinski definition) is 6. The van der Waals surface area contributed by atoms with Gasteiger partial charge in [-0.05, 0) is 32.6 Å². The molecule has 1 fully saturated rings. The second-order valence-electron chi connectivity index (χ2n) is 5.24. The van der Waals surface area contributed by atoms with Crippen LogP contribution in [0.25, 0.3) is 10.3 Å². The van der Waals surface area contributed by atoms with Crippen LogP contribution in [0.3, 0.4) is 0 Å². The number of halogens is 1. The lowest BCUT2D eigenvalue weighted by atomic mass is 9.83. The van der Waals surface area contributed by atoms with E-state index in [1.165, 1.54) is 17.4 Å². The standard InChI is InChI=1S/C15H19FN2O3S/c1-3-19-10-5-9(6-10)8-21-13-11(16)7-12-14(18-13)22-15(17-12)20-4-2/h7,9-10H,3-6,8H2,1-2H3. The number of pyridine rings is 1. The Balaban J connectivity index is 1.62. The second-order valence-corrected chi connectivity index (χ2v) is 6.18. The van der Waals surface area contributed by atoms with E-state index in [9.17, 15) is 4.39 Å². The first-order chi connectivity index (χ1) is 10.7. The molecule has 2 aromatic heterocycles. The molecule has 3 rings (SSSR count). The molecule has 22 heavy (non-hydrogen) atoms. The van der Waals surface area contributed by atoms with Crippen molar-refractivity contribution < 1.29 is 18.6 Å². The van der Waals surface area contributed by atoms with Crippen molar-refractivity contribution in [3.8, 4) is 11.1 Å². The van der Waals surface area contributed by atoms with E-state index in [0.717, 1.165) is 19.4 Å². The molecule has 5 nitrogen and oxygen atoms in total. The maximum atomic E-state index is 14.0. The highest BCUT2D eigenvalue weighted by Gasteiger charge is 2.30. The number of fused-ring (bicyclic) bond motifs is 1. The number of rotatable bonds is 7. The minimum atomic E-state index is -0.485. The molecule has 120 valence electrons. The Morgan fingerprint density at radius 1 is 1.23 bits per heavy atom. The molecule has 0 atom stereocenters. The van der Waals surface area contributed by atoms with Crippen molar-refractivity contribution in [2.45, 2.75) is 32.8 Å². The molecule has 1 aliphatic carbocycles. The minimum absolute atomic E-state index is 0.0408. The lowest BCUT2D eigenvalue weighted by Gasteiger charge is -2.34. The maximum absolute atomic E-state index is 14.0. The largest absolute Gasteiger partial charge is 0.475 e. The van der Waals surface area contributed by atoms with Crippen molar-refractivity contribution in [3.63, 3.8) is 0 Å². The van der Waals surface area contributed by atoms with E-state index in [-0.39, 0.29) is 5.88 Å². The first kappa shape index (κ1) is 15.4. The molecular formula is C15H19FN2O3S. The molecule has 0 N–H and O–H groups in total. The summed E-state index contributed by atoms with van der Waals surface area (Å²) in [5, 5.41) is 0.500. The van der Waals surface area contributed by atoms with Gasteiger partial charge >= 0.3 is 0 Å². The van der Waals surface area contributed by atoms with Gasteiger partial charge in [0.05, 0.1) is 19.3 Å². The van der Waals surface area contributed by atoms with Gasteiger partial charge in [0.25, 0.3) is 11.1 Å². The van der Waals surface area contributed by atoms with Crippen LogP contribution in [0.15, 0.2) is 6.07 Å². The Labute approximate surface area is 132 Å². The van der Waals surface area contributed by atoms with Crippen molar-refractivity contribution >= 4 is 21.7 Å². The highest BCUT2D eigenvalue weighted by Crippen LogP contribution is 2.32. The van der Waals surface area contributed by atoms with Crippen LogP contribution >= 0.6 is 11.3 Å². The summed E-state index contributed by atoms with van der Waals surface area (Å²) in [6, 6.07) is 1.35. The van der Waals surface area contributed by atoms with Crippen LogP contribution in [0.5, 0.6) is 11.1 Å². The Morgan fingerprint density at radius 3 is 2.77 bits per heavy atom. The molecule has 0 radical (unpaired) electrons. The molecule has 2 heterocycles. The van der Waals surface area contributed by atoms with E-state index in [1.807, 2.05) is 13.8 Å². The SMILES string of the molecule is CCOc1nc2cc(F)c(OCC3CC(OCC)C3)nc2s1. The van der Waals surface area contributed by atoms with Crippen molar-refractivity contribution in [1.29, 1.82) is 0 Å². The number of nitrogens with zero attached hydrogens (tertiary/aromatic N) is 2. The molecule has 0 saturated heterocycles. The van der Waals surface area contributed by atoms with Gasteiger partial charge in [0, 0.05) is 12.7 Å². The third-order valence-corrected chi connectivity index (χ3v) is 4.48. The van der Waals surface area contributed by atoms with Crippen molar-refractivity contribution in [1.82, 2.24) is 9.97 Å². The number of hydrogen-bond donors (Lipinski definition) is 0. The zero-order valence-electron chi connectivity index (χ0n) is 12.7. The van der Waals surface area contributed by atoms with Gasteiger partial charge in [-0.25, -0.2) is 9.37 Å². The van der Waals surface area contributed by atoms with Crippen LogP contribution in [0.1, 0.15) is 26.7 Å². The minimum Gasteiger partial charge on any atom is -0.475 e. The smallest absolute Gasteiger partial charge is 0.275 e. The van der Waals surface area contributed by atoms with Gasteiger partial charge < -0.3 is 14.2 Å². The Hall–Kier alpha value is -1.47. The lowest BCUT2D eigenvalue weighted by molar-refractivity contribution is -0.0370. The predicted octanol–water partition coefficient (Wildman–Crippen LogP) is 3.42. The molecule has 0 amide bonds. The third kappa shape index (κ3) is 3.30. The van der Waals surface area contributed by atoms with Crippen LogP contribution in [-0.2, 0) is 4.74 Å². The van der Waals surface area contributed by atoms with E-state index >= 15 is 0 Å². The number of thiazole rings is 1. The number of ether oxygens (including phenoxy) is 3. The van der Waals surface area contributed by atoms with Gasteiger partial charge in [-0.3, -0.25) is 0 Å². The fraction of sp³-hybridized carbons (Fsp3) is 0.600. The van der Waals surface area contributed by atoms with E-state index in [0.29, 0.717) is 40.8 Å². The first-order valence-electron chi connectivity index (χ1n) is 7.53. The lowest BCUT2D eigenvalue weighted by Crippen LogP contribution is -2.35. The van der Waals surface area contributed by atoms with E-state index in [4.69, 9.17) is 14.2 Å². The third-order valence-electron chi connectivity index (χ3n) is 3.60. The molecular weight excluding hydrogens is 307 g/mol. The summed E-state index contributed by atoms with van der Waals surface area (Å²) in [4.78, 5) is 9.02. The predicted molar refractivity (Wildman–Crippen MR) is 82.2 cm³/mol. The summed E-state index contributed by atoms with van der Waals surface area (Å²) < 4.78 is 30.4. The summed E-state index contributed by atoms with van der Waals surface area (Å²) in [6.07, 6.45) is 2.26. The molecule has 7 heteroatoms. The summed E-state index contributed by atoms with van der Waals surface area (Å²) >= 11 is 1.29. The van der Waals surface area contributed by atoms with Gasteiger partial charge in [-0.15, -0.1) is 0 Å². The molecule has 0 aromatic carbocycles. The molecule has 0 bridgehead atoms. The molecule has 0 aliphatic heterocycles. The van der Waals surface area contributed by atoms with Crippen molar-refractivity contribution in [3.05, 3.63) is 11.9 Å². The topological polar surface area (TPSA) is 53.5 Å². The quantitative estimate of drug-likeness (QED) is 0.780. The van der Waals surface area contributed by atoms with Crippen molar-refractivity contribution in [2.75, 3.05) is 19.8 Å². The van der Waals surface area contributed by atoms with Gasteiger partial charge in [0.1, 0.15) is 5.52 Å². The Morgan fingerprint density at radius 2 is 2.05 bits per heavy atom. The van der Waals surface area contributed by atoms with Gasteiger partial charge in [-0.1, -0.05) is 11.3 Å². The van der Waals surface area contributed by atoms with Crippen LogP contribution < -0.4 is 9.47 Å². The van der Waals surface area contributed by atoms with E-state index in [2.05, 4.69) is 9.97 Å². The highest BCUT2D eigenvalue weighted by molar-refractivity contribution is 7.19. The molecule has 0 spiro atoms. The van der Waals surface area contributed by atoms with E-state index < -0.39 is 5.82 Å². The van der Waals surface area contributed by atoms with Crippen LogP contribution in [-0.4, -0.2) is 35.9 Å². The zero-order chi connectivity index (χ0) is 15.5. The zero-order valence-corrected chi connectivity index (χ0v) is 13.5. The summed E-state index contributed by atoms with van der Waals surface area (Å²) in [5.74, 6) is -0.0329. The maximum Gasteiger partial charge on any atom is 0.275 e. The van der Waals surface area contributed by atoms with Crippen molar-refractivity contribution in [2.24, 2.45) is 5.92 Å².